The Hall–Kier alpha value is -3.10. The third-order valence-electron chi connectivity index (χ3n) is 5.53. The van der Waals surface area contributed by atoms with Gasteiger partial charge in [0.2, 0.25) is 5.91 Å². The number of carbonyl (C=O) groups is 1. The number of anilines is 2. The number of rotatable bonds is 6. The van der Waals surface area contributed by atoms with Crippen molar-refractivity contribution in [1.82, 2.24) is 4.90 Å². The molecule has 172 valence electrons. The van der Waals surface area contributed by atoms with Gasteiger partial charge in [-0.25, -0.2) is 12.8 Å². The maximum Gasteiger partial charge on any atom is 0.264 e. The molecule has 0 radical (unpaired) electrons. The maximum atomic E-state index is 14.1. The number of amides is 1. The van der Waals surface area contributed by atoms with Crippen LogP contribution in [0.2, 0.25) is 5.02 Å². The standard InChI is InChI=1S/C24H23ClFN3O3S/c25-19-7-6-8-20(17-19)29(33(31,32)21-9-2-1-3-10-21)18-24(30)28-15-13-27(14-16-28)23-12-5-4-11-22(23)26/h1-12,17H,13-16,18H2. The Kier molecular flexibility index (Phi) is 6.85. The molecule has 1 amide bonds. The molecule has 33 heavy (non-hydrogen) atoms. The molecule has 9 heteroatoms. The fourth-order valence-electron chi connectivity index (χ4n) is 3.79. The van der Waals surface area contributed by atoms with Crippen molar-refractivity contribution in [2.45, 2.75) is 4.90 Å². The van der Waals surface area contributed by atoms with Crippen molar-refractivity contribution in [3.8, 4) is 0 Å². The van der Waals surface area contributed by atoms with Crippen LogP contribution in [-0.4, -0.2) is 51.9 Å². The van der Waals surface area contributed by atoms with Gasteiger partial charge in [-0.3, -0.25) is 9.10 Å². The zero-order valence-electron chi connectivity index (χ0n) is 17.8. The topological polar surface area (TPSA) is 60.9 Å². The molecular weight excluding hydrogens is 465 g/mol. The molecule has 4 rings (SSSR count). The molecule has 1 fully saturated rings. The van der Waals surface area contributed by atoms with Gasteiger partial charge in [-0.05, 0) is 42.5 Å². The van der Waals surface area contributed by atoms with E-state index < -0.39 is 10.0 Å². The van der Waals surface area contributed by atoms with E-state index in [0.717, 1.165) is 4.31 Å². The predicted octanol–water partition coefficient (Wildman–Crippen LogP) is 4.02. The van der Waals surface area contributed by atoms with Gasteiger partial charge in [0.1, 0.15) is 12.4 Å². The van der Waals surface area contributed by atoms with Gasteiger partial charge in [-0.2, -0.15) is 0 Å². The van der Waals surface area contributed by atoms with E-state index >= 15 is 0 Å². The Morgan fingerprint density at radius 2 is 1.58 bits per heavy atom. The highest BCUT2D eigenvalue weighted by Gasteiger charge is 2.30. The third kappa shape index (κ3) is 5.12. The van der Waals surface area contributed by atoms with E-state index in [9.17, 15) is 17.6 Å². The van der Waals surface area contributed by atoms with Crippen molar-refractivity contribution >= 4 is 38.9 Å². The van der Waals surface area contributed by atoms with Crippen LogP contribution < -0.4 is 9.21 Å². The van der Waals surface area contributed by atoms with Gasteiger partial charge in [0, 0.05) is 31.2 Å². The monoisotopic (exact) mass is 487 g/mol. The van der Waals surface area contributed by atoms with Crippen LogP contribution in [0.1, 0.15) is 0 Å². The van der Waals surface area contributed by atoms with Gasteiger partial charge in [0.15, 0.2) is 0 Å². The highest BCUT2D eigenvalue weighted by molar-refractivity contribution is 7.92. The van der Waals surface area contributed by atoms with Crippen molar-refractivity contribution in [2.24, 2.45) is 0 Å². The first-order chi connectivity index (χ1) is 15.9. The van der Waals surface area contributed by atoms with E-state index in [2.05, 4.69) is 0 Å². The van der Waals surface area contributed by atoms with Crippen molar-refractivity contribution in [3.05, 3.63) is 89.7 Å². The summed E-state index contributed by atoms with van der Waals surface area (Å²) < 4.78 is 42.0. The molecule has 0 bridgehead atoms. The maximum absolute atomic E-state index is 14.1. The lowest BCUT2D eigenvalue weighted by Gasteiger charge is -2.37. The summed E-state index contributed by atoms with van der Waals surface area (Å²) in [7, 11) is -4.00. The normalized spacial score (nSPS) is 14.2. The predicted molar refractivity (Wildman–Crippen MR) is 128 cm³/mol. The van der Waals surface area contributed by atoms with E-state index in [-0.39, 0.29) is 23.2 Å². The Balaban J connectivity index is 1.53. The summed E-state index contributed by atoms with van der Waals surface area (Å²) in [5.41, 5.74) is 0.807. The number of hydrogen-bond donors (Lipinski definition) is 0. The number of halogens is 2. The SMILES string of the molecule is O=C(CN(c1cccc(Cl)c1)S(=O)(=O)c1ccccc1)N1CCN(c2ccccc2F)CC1. The molecule has 0 N–H and O–H groups in total. The van der Waals surface area contributed by atoms with Crippen molar-refractivity contribution in [1.29, 1.82) is 0 Å². The van der Waals surface area contributed by atoms with Crippen molar-refractivity contribution in [3.63, 3.8) is 0 Å². The highest BCUT2D eigenvalue weighted by Crippen LogP contribution is 2.27. The molecular formula is C24H23ClFN3O3S. The molecule has 0 unspecified atom stereocenters. The summed E-state index contributed by atoms with van der Waals surface area (Å²) >= 11 is 6.10. The summed E-state index contributed by atoms with van der Waals surface area (Å²) in [6, 6.07) is 20.9. The average Bonchev–Trinajstić information content (AvgIpc) is 2.83. The van der Waals surface area contributed by atoms with Gasteiger partial charge in [-0.1, -0.05) is 48.0 Å². The molecule has 0 aromatic heterocycles. The minimum Gasteiger partial charge on any atom is -0.366 e. The summed E-state index contributed by atoms with van der Waals surface area (Å²) in [6.45, 7) is 1.27. The molecule has 6 nitrogen and oxygen atoms in total. The van der Waals surface area contributed by atoms with Crippen LogP contribution in [-0.2, 0) is 14.8 Å². The molecule has 0 aliphatic carbocycles. The Morgan fingerprint density at radius 1 is 0.909 bits per heavy atom. The first-order valence-corrected chi connectivity index (χ1v) is 12.3. The van der Waals surface area contributed by atoms with Crippen molar-refractivity contribution < 1.29 is 17.6 Å². The van der Waals surface area contributed by atoms with Gasteiger partial charge >= 0.3 is 0 Å². The average molecular weight is 488 g/mol. The van der Waals surface area contributed by atoms with Crippen molar-refractivity contribution in [2.75, 3.05) is 41.9 Å². The van der Waals surface area contributed by atoms with Crippen LogP contribution in [0.15, 0.2) is 83.8 Å². The number of sulfonamides is 1. The Morgan fingerprint density at radius 3 is 2.24 bits per heavy atom. The number of benzene rings is 3. The van der Waals surface area contributed by atoms with E-state index in [1.807, 2.05) is 4.90 Å². The number of carbonyl (C=O) groups excluding carboxylic acids is 1. The van der Waals surface area contributed by atoms with Gasteiger partial charge in [0.25, 0.3) is 10.0 Å². The summed E-state index contributed by atoms with van der Waals surface area (Å²) in [6.07, 6.45) is 0. The largest absolute Gasteiger partial charge is 0.366 e. The van der Waals surface area contributed by atoms with Gasteiger partial charge in [-0.15, -0.1) is 0 Å². The lowest BCUT2D eigenvalue weighted by atomic mass is 10.2. The fraction of sp³-hybridized carbons (Fsp3) is 0.208. The van der Waals surface area contributed by atoms with E-state index in [4.69, 9.17) is 11.6 Å². The van der Waals surface area contributed by atoms with Crippen LogP contribution in [0.3, 0.4) is 0 Å². The fourth-order valence-corrected chi connectivity index (χ4v) is 5.41. The van der Waals surface area contributed by atoms with E-state index in [1.165, 1.54) is 24.3 Å². The van der Waals surface area contributed by atoms with Gasteiger partial charge < -0.3 is 9.80 Å². The molecule has 1 heterocycles. The second-order valence-electron chi connectivity index (χ2n) is 7.62. The molecule has 1 saturated heterocycles. The number of piperazine rings is 1. The van der Waals surface area contributed by atoms with Crippen LogP contribution >= 0.6 is 11.6 Å². The highest BCUT2D eigenvalue weighted by atomic mass is 35.5. The van der Waals surface area contributed by atoms with Gasteiger partial charge in [0.05, 0.1) is 16.3 Å². The minimum absolute atomic E-state index is 0.0853. The van der Waals surface area contributed by atoms with E-state index in [1.54, 1.807) is 59.5 Å². The third-order valence-corrected chi connectivity index (χ3v) is 7.55. The van der Waals surface area contributed by atoms with Crippen LogP contribution in [0, 0.1) is 5.82 Å². The lowest BCUT2D eigenvalue weighted by Crippen LogP contribution is -2.52. The summed E-state index contributed by atoms with van der Waals surface area (Å²) in [4.78, 5) is 16.7. The second kappa shape index (κ2) is 9.80. The first-order valence-electron chi connectivity index (χ1n) is 10.5. The molecule has 0 spiro atoms. The zero-order chi connectivity index (χ0) is 23.4. The molecule has 0 atom stereocenters. The smallest absolute Gasteiger partial charge is 0.264 e. The lowest BCUT2D eigenvalue weighted by molar-refractivity contribution is -0.129. The second-order valence-corrected chi connectivity index (χ2v) is 9.92. The number of hydrogen-bond acceptors (Lipinski definition) is 4. The Bertz CT molecular complexity index is 1230. The molecule has 0 saturated carbocycles. The quantitative estimate of drug-likeness (QED) is 0.527. The number of para-hydroxylation sites is 1. The molecule has 3 aromatic rings. The zero-order valence-corrected chi connectivity index (χ0v) is 19.3. The molecule has 1 aliphatic rings. The number of nitrogens with zero attached hydrogens (tertiary/aromatic N) is 3. The Labute approximate surface area is 197 Å². The molecule has 3 aromatic carbocycles. The van der Waals surface area contributed by atoms with Crippen LogP contribution in [0.4, 0.5) is 15.8 Å². The summed E-state index contributed by atoms with van der Waals surface area (Å²) in [5, 5.41) is 0.367. The van der Waals surface area contributed by atoms with Crippen LogP contribution in [0.5, 0.6) is 0 Å². The summed E-state index contributed by atoms with van der Waals surface area (Å²) in [5.74, 6) is -0.638. The minimum atomic E-state index is -4.00. The molecule has 1 aliphatic heterocycles. The van der Waals surface area contributed by atoms with E-state index in [0.29, 0.717) is 42.6 Å². The van der Waals surface area contributed by atoms with Crippen LogP contribution in [0.25, 0.3) is 0 Å². The first kappa shape index (κ1) is 23.1.